The summed E-state index contributed by atoms with van der Waals surface area (Å²) in [6, 6.07) is 47.8. The summed E-state index contributed by atoms with van der Waals surface area (Å²) in [7, 11) is 0. The molecular formula is C35H23N3. The fourth-order valence-corrected chi connectivity index (χ4v) is 5.07. The first-order valence-corrected chi connectivity index (χ1v) is 12.7. The third kappa shape index (κ3) is 4.00. The summed E-state index contributed by atoms with van der Waals surface area (Å²) in [6.07, 6.45) is 0. The van der Waals surface area contributed by atoms with Gasteiger partial charge in [0, 0.05) is 11.1 Å². The molecule has 0 saturated carbocycles. The number of pyridine rings is 3. The smallest absolute Gasteiger partial charge is 0.0894 e. The van der Waals surface area contributed by atoms with E-state index in [0.717, 1.165) is 45.3 Å². The molecule has 3 aromatic heterocycles. The molecule has 0 atom stereocenters. The Morgan fingerprint density at radius 1 is 0.263 bits per heavy atom. The molecule has 0 aliphatic heterocycles. The van der Waals surface area contributed by atoms with Crippen LogP contribution in [0.15, 0.2) is 140 Å². The predicted molar refractivity (Wildman–Crippen MR) is 157 cm³/mol. The number of benzene rings is 4. The molecule has 4 aromatic carbocycles. The largest absolute Gasteiger partial charge is 0.246 e. The van der Waals surface area contributed by atoms with Crippen molar-refractivity contribution >= 4 is 21.5 Å². The first kappa shape index (κ1) is 22.1. The molecule has 0 saturated heterocycles. The zero-order chi connectivity index (χ0) is 25.3. The second kappa shape index (κ2) is 9.38. The summed E-state index contributed by atoms with van der Waals surface area (Å²) in [6.45, 7) is 0. The fraction of sp³-hybridized carbons (Fsp3) is 0. The Morgan fingerprint density at radius 2 is 0.579 bits per heavy atom. The summed E-state index contributed by atoms with van der Waals surface area (Å²) in [4.78, 5) is 15.0. The molecule has 0 fully saturated rings. The SMILES string of the molecule is c1cc(-c2cccc(-c3cccc4ccccc34)n2)nc(-c2cccc(-c3cccc4ccccc34)n2)c1. The maximum Gasteiger partial charge on any atom is 0.0894 e. The molecule has 3 heteroatoms. The van der Waals surface area contributed by atoms with Crippen molar-refractivity contribution in [2.45, 2.75) is 0 Å². The molecule has 0 amide bonds. The van der Waals surface area contributed by atoms with Gasteiger partial charge < -0.3 is 0 Å². The van der Waals surface area contributed by atoms with Gasteiger partial charge in [0.25, 0.3) is 0 Å². The van der Waals surface area contributed by atoms with Crippen LogP contribution in [0.5, 0.6) is 0 Å². The van der Waals surface area contributed by atoms with Crippen molar-refractivity contribution < 1.29 is 0 Å². The normalized spacial score (nSPS) is 11.2. The third-order valence-electron chi connectivity index (χ3n) is 6.90. The van der Waals surface area contributed by atoms with Gasteiger partial charge in [-0.2, -0.15) is 0 Å². The molecule has 7 rings (SSSR count). The molecule has 0 bridgehead atoms. The van der Waals surface area contributed by atoms with Gasteiger partial charge in [0.15, 0.2) is 0 Å². The van der Waals surface area contributed by atoms with Gasteiger partial charge in [0.05, 0.1) is 34.2 Å². The van der Waals surface area contributed by atoms with Crippen LogP contribution in [0, 0.1) is 0 Å². The van der Waals surface area contributed by atoms with Gasteiger partial charge in [-0.05, 0) is 57.9 Å². The van der Waals surface area contributed by atoms with Crippen LogP contribution in [0.25, 0.3) is 66.8 Å². The highest BCUT2D eigenvalue weighted by molar-refractivity contribution is 5.97. The van der Waals surface area contributed by atoms with Gasteiger partial charge in [-0.3, -0.25) is 0 Å². The van der Waals surface area contributed by atoms with Crippen molar-refractivity contribution in [2.75, 3.05) is 0 Å². The Balaban J connectivity index is 1.28. The monoisotopic (exact) mass is 485 g/mol. The zero-order valence-corrected chi connectivity index (χ0v) is 20.6. The molecular weight excluding hydrogens is 462 g/mol. The summed E-state index contributed by atoms with van der Waals surface area (Å²) >= 11 is 0. The molecule has 3 nitrogen and oxygen atoms in total. The van der Waals surface area contributed by atoms with Crippen molar-refractivity contribution in [2.24, 2.45) is 0 Å². The highest BCUT2D eigenvalue weighted by Gasteiger charge is 2.11. The molecule has 7 aromatic rings. The Hall–Kier alpha value is -5.15. The lowest BCUT2D eigenvalue weighted by Crippen LogP contribution is -1.94. The van der Waals surface area contributed by atoms with Crippen molar-refractivity contribution in [3.63, 3.8) is 0 Å². The van der Waals surface area contributed by atoms with E-state index in [1.807, 2.05) is 42.5 Å². The van der Waals surface area contributed by atoms with E-state index in [0.29, 0.717) is 0 Å². The van der Waals surface area contributed by atoms with E-state index in [-0.39, 0.29) is 0 Å². The number of rotatable bonds is 4. The van der Waals surface area contributed by atoms with E-state index in [2.05, 4.69) is 97.1 Å². The van der Waals surface area contributed by atoms with Crippen LogP contribution in [-0.2, 0) is 0 Å². The standard InChI is InChI=1S/C35H23N3/c1-3-14-26-24(10-1)12-5-16-28(26)30-18-7-20-32(36-30)34-22-9-23-35(38-34)33-21-8-19-31(37-33)29-17-6-13-25-11-2-4-15-27(25)29/h1-23H. The van der Waals surface area contributed by atoms with Crippen molar-refractivity contribution in [1.29, 1.82) is 0 Å². The Morgan fingerprint density at radius 3 is 1.03 bits per heavy atom. The number of fused-ring (bicyclic) bond motifs is 2. The van der Waals surface area contributed by atoms with E-state index in [1.165, 1.54) is 21.5 Å². The van der Waals surface area contributed by atoms with Crippen LogP contribution < -0.4 is 0 Å². The summed E-state index contributed by atoms with van der Waals surface area (Å²) in [5.41, 5.74) is 7.41. The molecule has 0 spiro atoms. The van der Waals surface area contributed by atoms with E-state index in [4.69, 9.17) is 15.0 Å². The Bertz CT molecular complexity index is 1790. The maximum absolute atomic E-state index is 5.01. The summed E-state index contributed by atoms with van der Waals surface area (Å²) < 4.78 is 0. The van der Waals surface area contributed by atoms with Gasteiger partial charge in [0.2, 0.25) is 0 Å². The lowest BCUT2D eigenvalue weighted by Gasteiger charge is -2.10. The van der Waals surface area contributed by atoms with Gasteiger partial charge in [-0.15, -0.1) is 0 Å². The number of hydrogen-bond donors (Lipinski definition) is 0. The van der Waals surface area contributed by atoms with Crippen LogP contribution in [-0.4, -0.2) is 15.0 Å². The first-order valence-electron chi connectivity index (χ1n) is 12.7. The first-order chi connectivity index (χ1) is 18.8. The summed E-state index contributed by atoms with van der Waals surface area (Å²) in [5.74, 6) is 0. The topological polar surface area (TPSA) is 38.7 Å². The maximum atomic E-state index is 5.01. The highest BCUT2D eigenvalue weighted by Crippen LogP contribution is 2.31. The molecule has 3 heterocycles. The number of hydrogen-bond acceptors (Lipinski definition) is 3. The van der Waals surface area contributed by atoms with E-state index in [9.17, 15) is 0 Å². The van der Waals surface area contributed by atoms with Gasteiger partial charge in [-0.25, -0.2) is 15.0 Å². The van der Waals surface area contributed by atoms with Crippen LogP contribution >= 0.6 is 0 Å². The van der Waals surface area contributed by atoms with Crippen LogP contribution in [0.4, 0.5) is 0 Å². The quantitative estimate of drug-likeness (QED) is 0.250. The lowest BCUT2D eigenvalue weighted by molar-refractivity contribution is 1.22. The third-order valence-corrected chi connectivity index (χ3v) is 6.90. The molecule has 0 unspecified atom stereocenters. The van der Waals surface area contributed by atoms with Crippen molar-refractivity contribution in [3.05, 3.63) is 140 Å². The van der Waals surface area contributed by atoms with Gasteiger partial charge >= 0.3 is 0 Å². The van der Waals surface area contributed by atoms with Crippen LogP contribution in [0.2, 0.25) is 0 Å². The minimum absolute atomic E-state index is 0.821. The average molecular weight is 486 g/mol. The number of nitrogens with zero attached hydrogens (tertiary/aromatic N) is 3. The van der Waals surface area contributed by atoms with Crippen LogP contribution in [0.3, 0.4) is 0 Å². The van der Waals surface area contributed by atoms with E-state index >= 15 is 0 Å². The molecule has 0 aliphatic carbocycles. The highest BCUT2D eigenvalue weighted by atomic mass is 14.8. The van der Waals surface area contributed by atoms with Crippen LogP contribution in [0.1, 0.15) is 0 Å². The summed E-state index contributed by atoms with van der Waals surface area (Å²) in [5, 5.41) is 4.79. The lowest BCUT2D eigenvalue weighted by atomic mass is 10.0. The second-order valence-electron chi connectivity index (χ2n) is 9.28. The molecule has 0 N–H and O–H groups in total. The second-order valence-corrected chi connectivity index (χ2v) is 9.28. The Kier molecular flexibility index (Phi) is 5.45. The minimum Gasteiger partial charge on any atom is -0.246 e. The molecule has 0 radical (unpaired) electrons. The Labute approximate surface area is 221 Å². The average Bonchev–Trinajstić information content (AvgIpc) is 3.01. The molecule has 178 valence electrons. The van der Waals surface area contributed by atoms with Crippen molar-refractivity contribution in [3.8, 4) is 45.3 Å². The molecule has 0 aliphatic rings. The predicted octanol–water partition coefficient (Wildman–Crippen LogP) is 8.85. The van der Waals surface area contributed by atoms with Gasteiger partial charge in [-0.1, -0.05) is 103 Å². The zero-order valence-electron chi connectivity index (χ0n) is 20.6. The van der Waals surface area contributed by atoms with E-state index < -0.39 is 0 Å². The van der Waals surface area contributed by atoms with Gasteiger partial charge in [0.1, 0.15) is 0 Å². The van der Waals surface area contributed by atoms with E-state index in [1.54, 1.807) is 0 Å². The van der Waals surface area contributed by atoms with Crippen molar-refractivity contribution in [1.82, 2.24) is 15.0 Å². The molecule has 38 heavy (non-hydrogen) atoms. The fourth-order valence-electron chi connectivity index (χ4n) is 5.07. The number of aromatic nitrogens is 3. The minimum atomic E-state index is 0.821.